The second-order valence-electron chi connectivity index (χ2n) is 6.48. The molecule has 0 aliphatic heterocycles. The highest BCUT2D eigenvalue weighted by Gasteiger charge is 2.13. The number of hydrogen-bond acceptors (Lipinski definition) is 5. The number of amides is 1. The SMILES string of the molecule is CCOc1ccccc1/C=N\NC(=O)c1cc(-c2cccnc2)nc2ccccc12. The molecule has 0 aliphatic rings. The molecule has 0 bridgehead atoms. The number of hydrogen-bond donors (Lipinski definition) is 1. The lowest BCUT2D eigenvalue weighted by Gasteiger charge is -2.09. The van der Waals surface area contributed by atoms with E-state index in [2.05, 4.69) is 20.5 Å². The molecule has 0 aliphatic carbocycles. The molecule has 148 valence electrons. The number of pyridine rings is 2. The number of carbonyl (C=O) groups is 1. The van der Waals surface area contributed by atoms with Gasteiger partial charge in [0.1, 0.15) is 5.75 Å². The van der Waals surface area contributed by atoms with Gasteiger partial charge < -0.3 is 4.74 Å². The number of hydrazone groups is 1. The van der Waals surface area contributed by atoms with Crippen LogP contribution < -0.4 is 10.2 Å². The number of fused-ring (bicyclic) bond motifs is 1. The van der Waals surface area contributed by atoms with Crippen LogP contribution in [0.3, 0.4) is 0 Å². The summed E-state index contributed by atoms with van der Waals surface area (Å²) in [5.41, 5.74) is 6.15. The quantitative estimate of drug-likeness (QED) is 0.386. The topological polar surface area (TPSA) is 76.5 Å². The highest BCUT2D eigenvalue weighted by atomic mass is 16.5. The van der Waals surface area contributed by atoms with E-state index in [1.54, 1.807) is 24.7 Å². The lowest BCUT2D eigenvalue weighted by atomic mass is 10.0. The molecule has 30 heavy (non-hydrogen) atoms. The van der Waals surface area contributed by atoms with Crippen molar-refractivity contribution in [2.45, 2.75) is 6.92 Å². The Morgan fingerprint density at radius 3 is 2.77 bits per heavy atom. The number of aromatic nitrogens is 2. The van der Waals surface area contributed by atoms with Gasteiger partial charge in [-0.25, -0.2) is 10.4 Å². The second-order valence-corrected chi connectivity index (χ2v) is 6.48. The van der Waals surface area contributed by atoms with Crippen LogP contribution in [0.5, 0.6) is 5.75 Å². The zero-order chi connectivity index (χ0) is 20.8. The van der Waals surface area contributed by atoms with E-state index in [-0.39, 0.29) is 5.91 Å². The van der Waals surface area contributed by atoms with Crippen molar-refractivity contribution < 1.29 is 9.53 Å². The fourth-order valence-corrected chi connectivity index (χ4v) is 3.12. The van der Waals surface area contributed by atoms with E-state index in [0.717, 1.165) is 22.0 Å². The minimum Gasteiger partial charge on any atom is -0.493 e. The van der Waals surface area contributed by atoms with Crippen LogP contribution in [-0.2, 0) is 0 Å². The van der Waals surface area contributed by atoms with Crippen molar-refractivity contribution in [1.29, 1.82) is 0 Å². The molecular formula is C24H20N4O2. The molecule has 1 amide bonds. The number of nitrogens with one attached hydrogen (secondary N) is 1. The summed E-state index contributed by atoms with van der Waals surface area (Å²) in [7, 11) is 0. The van der Waals surface area contributed by atoms with E-state index in [1.165, 1.54) is 0 Å². The minimum atomic E-state index is -0.316. The Kier molecular flexibility index (Phi) is 5.75. The molecule has 0 unspecified atom stereocenters. The van der Waals surface area contributed by atoms with Crippen molar-refractivity contribution >= 4 is 23.0 Å². The van der Waals surface area contributed by atoms with Crippen LogP contribution in [0.4, 0.5) is 0 Å². The maximum absolute atomic E-state index is 12.9. The molecule has 4 aromatic rings. The Morgan fingerprint density at radius 1 is 1.10 bits per heavy atom. The summed E-state index contributed by atoms with van der Waals surface area (Å²) in [4.78, 5) is 21.8. The summed E-state index contributed by atoms with van der Waals surface area (Å²) in [5.74, 6) is 0.398. The summed E-state index contributed by atoms with van der Waals surface area (Å²) in [6, 6.07) is 20.6. The van der Waals surface area contributed by atoms with Crippen molar-refractivity contribution in [2.24, 2.45) is 5.10 Å². The van der Waals surface area contributed by atoms with Crippen LogP contribution in [0.2, 0.25) is 0 Å². The molecule has 0 saturated carbocycles. The van der Waals surface area contributed by atoms with Crippen molar-refractivity contribution in [3.63, 3.8) is 0 Å². The maximum atomic E-state index is 12.9. The number of benzene rings is 2. The van der Waals surface area contributed by atoms with Gasteiger partial charge in [0, 0.05) is 28.9 Å². The number of nitrogens with zero attached hydrogens (tertiary/aromatic N) is 3. The molecule has 0 atom stereocenters. The highest BCUT2D eigenvalue weighted by molar-refractivity contribution is 6.07. The Bertz CT molecular complexity index is 1210. The predicted molar refractivity (Wildman–Crippen MR) is 118 cm³/mol. The van der Waals surface area contributed by atoms with Crippen molar-refractivity contribution in [3.05, 3.63) is 90.3 Å². The van der Waals surface area contributed by atoms with Crippen LogP contribution in [0.1, 0.15) is 22.8 Å². The van der Waals surface area contributed by atoms with E-state index in [1.807, 2.05) is 67.6 Å². The molecule has 0 radical (unpaired) electrons. The van der Waals surface area contributed by atoms with Crippen LogP contribution in [0.15, 0.2) is 84.2 Å². The van der Waals surface area contributed by atoms with Crippen LogP contribution in [0.25, 0.3) is 22.2 Å². The Labute approximate surface area is 174 Å². The number of rotatable bonds is 6. The van der Waals surface area contributed by atoms with Gasteiger partial charge in [-0.1, -0.05) is 30.3 Å². The van der Waals surface area contributed by atoms with Gasteiger partial charge >= 0.3 is 0 Å². The number of ether oxygens (including phenoxy) is 1. The Morgan fingerprint density at radius 2 is 1.93 bits per heavy atom. The fourth-order valence-electron chi connectivity index (χ4n) is 3.12. The molecule has 0 saturated heterocycles. The van der Waals surface area contributed by atoms with Gasteiger partial charge in [0.25, 0.3) is 5.91 Å². The molecule has 1 N–H and O–H groups in total. The maximum Gasteiger partial charge on any atom is 0.272 e. The van der Waals surface area contributed by atoms with Crippen molar-refractivity contribution in [1.82, 2.24) is 15.4 Å². The smallest absolute Gasteiger partial charge is 0.272 e. The van der Waals surface area contributed by atoms with Gasteiger partial charge in [-0.2, -0.15) is 5.10 Å². The second kappa shape index (κ2) is 8.96. The van der Waals surface area contributed by atoms with Gasteiger partial charge in [0.05, 0.1) is 29.6 Å². The molecule has 2 heterocycles. The summed E-state index contributed by atoms with van der Waals surface area (Å²) in [6.45, 7) is 2.47. The van der Waals surface area contributed by atoms with Crippen molar-refractivity contribution in [3.8, 4) is 17.0 Å². The Balaban J connectivity index is 1.65. The van der Waals surface area contributed by atoms with Gasteiger partial charge in [-0.05, 0) is 43.3 Å². The van der Waals surface area contributed by atoms with E-state index in [4.69, 9.17) is 4.74 Å². The lowest BCUT2D eigenvalue weighted by molar-refractivity contribution is 0.0956. The minimum absolute atomic E-state index is 0.316. The normalized spacial score (nSPS) is 11.0. The zero-order valence-electron chi connectivity index (χ0n) is 16.4. The van der Waals surface area contributed by atoms with Gasteiger partial charge in [-0.3, -0.25) is 9.78 Å². The Hall–Kier alpha value is -4.06. The molecule has 0 fully saturated rings. The van der Waals surface area contributed by atoms with Crippen molar-refractivity contribution in [2.75, 3.05) is 6.61 Å². The average Bonchev–Trinajstić information content (AvgIpc) is 2.80. The summed E-state index contributed by atoms with van der Waals surface area (Å²) in [5, 5.41) is 4.89. The molecular weight excluding hydrogens is 376 g/mol. The van der Waals surface area contributed by atoms with Gasteiger partial charge in [0.2, 0.25) is 0 Å². The first-order valence-electron chi connectivity index (χ1n) is 9.61. The van der Waals surface area contributed by atoms with E-state index in [0.29, 0.717) is 23.6 Å². The molecule has 2 aromatic heterocycles. The first-order chi connectivity index (χ1) is 14.8. The summed E-state index contributed by atoms with van der Waals surface area (Å²) < 4.78 is 5.58. The van der Waals surface area contributed by atoms with Crippen LogP contribution >= 0.6 is 0 Å². The molecule has 4 rings (SSSR count). The molecule has 2 aromatic carbocycles. The predicted octanol–water partition coefficient (Wildman–Crippen LogP) is 4.46. The van der Waals surface area contributed by atoms with Gasteiger partial charge in [-0.15, -0.1) is 0 Å². The number of para-hydroxylation sites is 2. The van der Waals surface area contributed by atoms with E-state index >= 15 is 0 Å². The molecule has 6 heteroatoms. The molecule has 0 spiro atoms. The third kappa shape index (κ3) is 4.17. The van der Waals surface area contributed by atoms with E-state index < -0.39 is 0 Å². The monoisotopic (exact) mass is 396 g/mol. The largest absolute Gasteiger partial charge is 0.493 e. The zero-order valence-corrected chi connectivity index (χ0v) is 16.4. The first kappa shape index (κ1) is 19.3. The third-order valence-electron chi connectivity index (χ3n) is 4.51. The van der Waals surface area contributed by atoms with Crippen LogP contribution in [-0.4, -0.2) is 28.7 Å². The first-order valence-corrected chi connectivity index (χ1v) is 9.61. The number of carbonyl (C=O) groups excluding carboxylic acids is 1. The fraction of sp³-hybridized carbons (Fsp3) is 0.0833. The highest BCUT2D eigenvalue weighted by Crippen LogP contribution is 2.24. The third-order valence-corrected chi connectivity index (χ3v) is 4.51. The van der Waals surface area contributed by atoms with E-state index in [9.17, 15) is 4.79 Å². The summed E-state index contributed by atoms with van der Waals surface area (Å²) in [6.07, 6.45) is 5.00. The standard InChI is InChI=1S/C24H20N4O2/c1-2-30-23-12-6-3-8-18(23)16-26-28-24(29)20-14-22(17-9-7-13-25-15-17)27-21-11-5-4-10-19(20)21/h3-16H,2H2,1H3,(H,28,29)/b26-16-. The average molecular weight is 396 g/mol. The lowest BCUT2D eigenvalue weighted by Crippen LogP contribution is -2.18. The van der Waals surface area contributed by atoms with Gasteiger partial charge in [0.15, 0.2) is 0 Å². The summed E-state index contributed by atoms with van der Waals surface area (Å²) >= 11 is 0. The molecule has 6 nitrogen and oxygen atoms in total. The van der Waals surface area contributed by atoms with Crippen LogP contribution in [0, 0.1) is 0 Å².